The predicted molar refractivity (Wildman–Crippen MR) is 130 cm³/mol. The fourth-order valence-corrected chi connectivity index (χ4v) is 5.41. The van der Waals surface area contributed by atoms with Crippen LogP contribution in [0.5, 0.6) is 0 Å². The van der Waals surface area contributed by atoms with Gasteiger partial charge in [0.25, 0.3) is 5.91 Å². The van der Waals surface area contributed by atoms with E-state index in [2.05, 4.69) is 39.9 Å². The molecule has 0 saturated carbocycles. The fourth-order valence-electron chi connectivity index (χ4n) is 4.70. The number of nitrogens with zero attached hydrogens (tertiary/aromatic N) is 5. The number of carbonyl (C=O) groups is 1. The molecule has 5 heterocycles. The minimum atomic E-state index is -0.202. The van der Waals surface area contributed by atoms with Gasteiger partial charge in [0.2, 0.25) is 0 Å². The Kier molecular flexibility index (Phi) is 5.54. The Labute approximate surface area is 196 Å². The Morgan fingerprint density at radius 1 is 1.24 bits per heavy atom. The molecular weight excluding hydrogens is 436 g/mol. The molecule has 0 bridgehead atoms. The van der Waals surface area contributed by atoms with Gasteiger partial charge in [-0.15, -0.1) is 11.3 Å². The molecule has 8 nitrogen and oxygen atoms in total. The van der Waals surface area contributed by atoms with Crippen molar-refractivity contribution >= 4 is 33.4 Å². The van der Waals surface area contributed by atoms with Crippen LogP contribution in [0.25, 0.3) is 22.3 Å². The highest BCUT2D eigenvalue weighted by molar-refractivity contribution is 7.14. The molecule has 1 fully saturated rings. The van der Waals surface area contributed by atoms with Gasteiger partial charge in [-0.3, -0.25) is 14.8 Å². The second-order valence-corrected chi connectivity index (χ2v) is 9.60. The number of nitrogens with one attached hydrogen (secondary N) is 1. The third-order valence-corrected chi connectivity index (χ3v) is 7.08. The van der Waals surface area contributed by atoms with Crippen molar-refractivity contribution in [3.8, 4) is 11.3 Å². The zero-order valence-electron chi connectivity index (χ0n) is 19.6. The van der Waals surface area contributed by atoms with Gasteiger partial charge in [-0.25, -0.2) is 9.97 Å². The zero-order chi connectivity index (χ0) is 23.3. The topological polar surface area (TPSA) is 86.9 Å². The number of ether oxygens (including phenoxy) is 1. The molecule has 1 atom stereocenters. The van der Waals surface area contributed by atoms with E-state index in [-0.39, 0.29) is 12.0 Å². The number of fused-ring (bicyclic) bond motifs is 1. The third kappa shape index (κ3) is 3.95. The highest BCUT2D eigenvalue weighted by Gasteiger charge is 2.22. The van der Waals surface area contributed by atoms with E-state index in [0.717, 1.165) is 54.0 Å². The van der Waals surface area contributed by atoms with E-state index < -0.39 is 0 Å². The number of amides is 1. The molecule has 1 amide bonds. The summed E-state index contributed by atoms with van der Waals surface area (Å²) in [6, 6.07) is 3.97. The molecule has 4 aromatic heterocycles. The molecule has 0 spiro atoms. The number of aromatic nitrogens is 5. The lowest BCUT2D eigenvalue weighted by Crippen LogP contribution is -2.16. The Morgan fingerprint density at radius 2 is 2.06 bits per heavy atom. The Bertz CT molecular complexity index is 1360. The second-order valence-electron chi connectivity index (χ2n) is 8.74. The summed E-state index contributed by atoms with van der Waals surface area (Å²) in [4.78, 5) is 22.5. The van der Waals surface area contributed by atoms with Crippen LogP contribution < -0.4 is 5.32 Å². The van der Waals surface area contributed by atoms with Gasteiger partial charge in [0.1, 0.15) is 0 Å². The monoisotopic (exact) mass is 464 g/mol. The summed E-state index contributed by atoms with van der Waals surface area (Å²) in [5.41, 5.74) is 7.15. The van der Waals surface area contributed by atoms with Gasteiger partial charge in [-0.1, -0.05) is 0 Å². The lowest BCUT2D eigenvalue weighted by atomic mass is 10.1. The van der Waals surface area contributed by atoms with Gasteiger partial charge >= 0.3 is 0 Å². The lowest BCUT2D eigenvalue weighted by Gasteiger charge is -2.14. The van der Waals surface area contributed by atoms with Crippen LogP contribution in [-0.4, -0.2) is 42.9 Å². The number of hydrogen-bond acceptors (Lipinski definition) is 6. The van der Waals surface area contributed by atoms with Crippen molar-refractivity contribution in [2.45, 2.75) is 53.2 Å². The molecule has 0 aliphatic carbocycles. The minimum Gasteiger partial charge on any atom is -0.376 e. The van der Waals surface area contributed by atoms with Gasteiger partial charge in [-0.05, 0) is 52.7 Å². The van der Waals surface area contributed by atoms with Crippen LogP contribution in [0.3, 0.4) is 0 Å². The smallest absolute Gasteiger partial charge is 0.258 e. The summed E-state index contributed by atoms with van der Waals surface area (Å²) in [6.07, 6.45) is 2.52. The minimum absolute atomic E-state index is 0.202. The molecule has 0 radical (unpaired) electrons. The maximum absolute atomic E-state index is 13.2. The summed E-state index contributed by atoms with van der Waals surface area (Å²) in [7, 11) is 1.84. The zero-order valence-corrected chi connectivity index (χ0v) is 20.4. The molecule has 9 heteroatoms. The largest absolute Gasteiger partial charge is 0.376 e. The van der Waals surface area contributed by atoms with E-state index in [1.54, 1.807) is 10.7 Å². The van der Waals surface area contributed by atoms with Gasteiger partial charge in [-0.2, -0.15) is 5.10 Å². The summed E-state index contributed by atoms with van der Waals surface area (Å²) in [6.45, 7) is 9.74. The van der Waals surface area contributed by atoms with E-state index >= 15 is 0 Å². The highest BCUT2D eigenvalue weighted by atomic mass is 32.1. The van der Waals surface area contributed by atoms with Gasteiger partial charge < -0.3 is 9.30 Å². The number of pyridine rings is 1. The van der Waals surface area contributed by atoms with E-state index in [0.29, 0.717) is 16.3 Å². The van der Waals surface area contributed by atoms with Crippen molar-refractivity contribution in [1.82, 2.24) is 24.3 Å². The van der Waals surface area contributed by atoms with Crippen molar-refractivity contribution in [1.29, 1.82) is 0 Å². The number of anilines is 1. The first-order valence-electron chi connectivity index (χ1n) is 11.2. The van der Waals surface area contributed by atoms with Gasteiger partial charge in [0.15, 0.2) is 10.8 Å². The van der Waals surface area contributed by atoms with E-state index in [4.69, 9.17) is 9.72 Å². The molecule has 33 heavy (non-hydrogen) atoms. The maximum atomic E-state index is 13.2. The van der Waals surface area contributed by atoms with Crippen LogP contribution >= 0.6 is 11.3 Å². The average molecular weight is 465 g/mol. The SMILES string of the molecule is Cc1cc(C(=O)Nc2nc(-c3cc(C)n(CC4CCCO4)c3C)cs2)c2c(C)nn(C)c2n1. The van der Waals surface area contributed by atoms with E-state index in [1.807, 2.05) is 26.3 Å². The van der Waals surface area contributed by atoms with Crippen LogP contribution in [0.15, 0.2) is 17.5 Å². The third-order valence-electron chi connectivity index (χ3n) is 6.33. The summed E-state index contributed by atoms with van der Waals surface area (Å²) in [5.74, 6) is -0.202. The predicted octanol–water partition coefficient (Wildman–Crippen LogP) is 4.56. The summed E-state index contributed by atoms with van der Waals surface area (Å²) < 4.78 is 9.85. The number of hydrogen-bond donors (Lipinski definition) is 1. The molecular formula is C24H28N6O2S. The molecule has 5 rings (SSSR count). The van der Waals surface area contributed by atoms with Crippen molar-refractivity contribution < 1.29 is 9.53 Å². The molecule has 1 saturated heterocycles. The molecule has 0 aromatic carbocycles. The van der Waals surface area contributed by atoms with Crippen molar-refractivity contribution in [2.24, 2.45) is 7.05 Å². The molecule has 1 aliphatic heterocycles. The van der Waals surface area contributed by atoms with Crippen LogP contribution in [0.2, 0.25) is 0 Å². The number of thiazole rings is 1. The average Bonchev–Trinajstić information content (AvgIpc) is 3.54. The van der Waals surface area contributed by atoms with Crippen LogP contribution in [-0.2, 0) is 18.3 Å². The Hall–Kier alpha value is -3.04. The second kappa shape index (κ2) is 8.39. The maximum Gasteiger partial charge on any atom is 0.258 e. The van der Waals surface area contributed by atoms with Crippen LogP contribution in [0.4, 0.5) is 5.13 Å². The van der Waals surface area contributed by atoms with Crippen LogP contribution in [0.1, 0.15) is 46.0 Å². The van der Waals surface area contributed by atoms with E-state index in [9.17, 15) is 4.79 Å². The Balaban J connectivity index is 1.40. The first-order valence-corrected chi connectivity index (χ1v) is 12.1. The van der Waals surface area contributed by atoms with Gasteiger partial charge in [0.05, 0.1) is 28.4 Å². The van der Waals surface area contributed by atoms with Crippen molar-refractivity contribution in [3.05, 3.63) is 45.9 Å². The quantitative estimate of drug-likeness (QED) is 0.468. The normalized spacial score (nSPS) is 16.1. The number of aryl methyl sites for hydroxylation is 4. The summed E-state index contributed by atoms with van der Waals surface area (Å²) in [5, 5.41) is 10.8. The Morgan fingerprint density at radius 3 is 2.82 bits per heavy atom. The van der Waals surface area contributed by atoms with Crippen molar-refractivity contribution in [2.75, 3.05) is 11.9 Å². The van der Waals surface area contributed by atoms with Crippen molar-refractivity contribution in [3.63, 3.8) is 0 Å². The highest BCUT2D eigenvalue weighted by Crippen LogP contribution is 2.31. The van der Waals surface area contributed by atoms with Crippen LogP contribution in [0, 0.1) is 27.7 Å². The molecule has 172 valence electrons. The molecule has 1 aliphatic rings. The first kappa shape index (κ1) is 21.8. The standard InChI is InChI=1S/C24H28N6O2S/c1-13-9-19(21-15(3)28-29(5)22(21)25-13)23(31)27-24-26-20(12-33-24)18-10-14(2)30(16(18)4)11-17-7-6-8-32-17/h9-10,12,17H,6-8,11H2,1-5H3,(H,26,27,31). The number of rotatable bonds is 5. The first-order chi connectivity index (χ1) is 15.8. The summed E-state index contributed by atoms with van der Waals surface area (Å²) >= 11 is 1.43. The molecule has 1 unspecified atom stereocenters. The molecule has 4 aromatic rings. The fraction of sp³-hybridized carbons (Fsp3) is 0.417. The lowest BCUT2D eigenvalue weighted by molar-refractivity contribution is 0.0962. The van der Waals surface area contributed by atoms with E-state index in [1.165, 1.54) is 22.7 Å². The molecule has 1 N–H and O–H groups in total. The number of carbonyl (C=O) groups excluding carboxylic acids is 1. The van der Waals surface area contributed by atoms with Gasteiger partial charge in [0, 0.05) is 48.2 Å².